The number of methoxy groups -OCH3 is 2. The summed E-state index contributed by atoms with van der Waals surface area (Å²) in [6, 6.07) is 8.94. The van der Waals surface area contributed by atoms with Gasteiger partial charge in [-0.1, -0.05) is 0 Å². The fourth-order valence-electron chi connectivity index (χ4n) is 3.04. The normalized spacial score (nSPS) is 15.1. The molecule has 1 aromatic carbocycles. The first-order valence-electron chi connectivity index (χ1n) is 8.94. The van der Waals surface area contributed by atoms with Crippen molar-refractivity contribution in [2.75, 3.05) is 45.4 Å². The predicted octanol–water partition coefficient (Wildman–Crippen LogP) is 2.43. The Morgan fingerprint density at radius 3 is 2.59 bits per heavy atom. The molecule has 0 saturated carbocycles. The van der Waals surface area contributed by atoms with E-state index in [-0.39, 0.29) is 11.9 Å². The van der Waals surface area contributed by atoms with Gasteiger partial charge >= 0.3 is 0 Å². The van der Waals surface area contributed by atoms with Gasteiger partial charge in [0.15, 0.2) is 0 Å². The van der Waals surface area contributed by atoms with Gasteiger partial charge in [-0.3, -0.25) is 4.79 Å². The largest absolute Gasteiger partial charge is 0.497 e. The summed E-state index contributed by atoms with van der Waals surface area (Å²) >= 11 is 0. The Labute approximate surface area is 159 Å². The predicted molar refractivity (Wildman–Crippen MR) is 103 cm³/mol. The van der Waals surface area contributed by atoms with Crippen LogP contribution in [0.4, 0.5) is 5.82 Å². The molecule has 7 nitrogen and oxygen atoms in total. The maximum atomic E-state index is 12.6. The number of anilines is 1. The highest BCUT2D eigenvalue weighted by Gasteiger charge is 2.17. The standard InChI is InChI=1S/C20H25N3O4/c1-14(17-12-16(25-2)5-6-18(17)26-3)22-20(24)15-4-7-19(21-13-15)23-8-10-27-11-9-23/h4-7,12-14H,8-11H2,1-3H3,(H,22,24)/t14-/m1/s1. The molecule has 0 radical (unpaired) electrons. The molecule has 27 heavy (non-hydrogen) atoms. The summed E-state index contributed by atoms with van der Waals surface area (Å²) in [7, 11) is 3.21. The van der Waals surface area contributed by atoms with Gasteiger partial charge in [-0.2, -0.15) is 0 Å². The quantitative estimate of drug-likeness (QED) is 0.841. The van der Waals surface area contributed by atoms with E-state index in [1.165, 1.54) is 0 Å². The Morgan fingerprint density at radius 2 is 1.96 bits per heavy atom. The van der Waals surface area contributed by atoms with Crippen LogP contribution >= 0.6 is 0 Å². The number of ether oxygens (including phenoxy) is 3. The molecule has 0 unspecified atom stereocenters. The molecule has 1 aliphatic heterocycles. The van der Waals surface area contributed by atoms with Crippen LogP contribution in [0.3, 0.4) is 0 Å². The number of carbonyl (C=O) groups excluding carboxylic acids is 1. The van der Waals surface area contributed by atoms with Gasteiger partial charge in [-0.05, 0) is 37.3 Å². The Kier molecular flexibility index (Phi) is 6.13. The Balaban J connectivity index is 1.69. The summed E-state index contributed by atoms with van der Waals surface area (Å²) < 4.78 is 16.0. The molecule has 1 atom stereocenters. The average molecular weight is 371 g/mol. The molecule has 1 saturated heterocycles. The van der Waals surface area contributed by atoms with Gasteiger partial charge in [0.25, 0.3) is 5.91 Å². The molecule has 0 bridgehead atoms. The van der Waals surface area contributed by atoms with Crippen LogP contribution in [0.2, 0.25) is 0 Å². The fraction of sp³-hybridized carbons (Fsp3) is 0.400. The number of rotatable bonds is 6. The van der Waals surface area contributed by atoms with Crippen molar-refractivity contribution in [3.05, 3.63) is 47.7 Å². The third-order valence-corrected chi connectivity index (χ3v) is 4.60. The van der Waals surface area contributed by atoms with Gasteiger partial charge in [0.2, 0.25) is 0 Å². The lowest BCUT2D eigenvalue weighted by atomic mass is 10.1. The van der Waals surface area contributed by atoms with E-state index in [1.807, 2.05) is 31.2 Å². The number of hydrogen-bond acceptors (Lipinski definition) is 6. The van der Waals surface area contributed by atoms with Crippen LogP contribution < -0.4 is 19.7 Å². The smallest absolute Gasteiger partial charge is 0.253 e. The summed E-state index contributed by atoms with van der Waals surface area (Å²) in [5.74, 6) is 2.08. The minimum absolute atomic E-state index is 0.187. The van der Waals surface area contributed by atoms with Gasteiger partial charge in [-0.25, -0.2) is 4.98 Å². The molecule has 1 aliphatic rings. The third-order valence-electron chi connectivity index (χ3n) is 4.60. The van der Waals surface area contributed by atoms with Gasteiger partial charge in [-0.15, -0.1) is 0 Å². The fourth-order valence-corrected chi connectivity index (χ4v) is 3.04. The minimum Gasteiger partial charge on any atom is -0.497 e. The molecule has 0 spiro atoms. The molecular weight excluding hydrogens is 346 g/mol. The molecule has 3 rings (SSSR count). The van der Waals surface area contributed by atoms with Gasteiger partial charge in [0.05, 0.1) is 39.0 Å². The Hall–Kier alpha value is -2.80. The van der Waals surface area contributed by atoms with E-state index >= 15 is 0 Å². The third kappa shape index (κ3) is 4.49. The van der Waals surface area contributed by atoms with Crippen LogP contribution in [0.5, 0.6) is 11.5 Å². The van der Waals surface area contributed by atoms with E-state index in [2.05, 4.69) is 15.2 Å². The zero-order chi connectivity index (χ0) is 19.2. The molecule has 0 aliphatic carbocycles. The lowest BCUT2D eigenvalue weighted by Gasteiger charge is -2.27. The number of nitrogens with one attached hydrogen (secondary N) is 1. The monoisotopic (exact) mass is 371 g/mol. The molecule has 1 N–H and O–H groups in total. The van der Waals surface area contributed by atoms with Crippen LogP contribution in [0.25, 0.3) is 0 Å². The van der Waals surface area contributed by atoms with Crippen molar-refractivity contribution < 1.29 is 19.0 Å². The Morgan fingerprint density at radius 1 is 1.19 bits per heavy atom. The maximum absolute atomic E-state index is 12.6. The first kappa shape index (κ1) is 19.0. The second kappa shape index (κ2) is 8.73. The summed E-state index contributed by atoms with van der Waals surface area (Å²) in [6.07, 6.45) is 1.61. The molecule has 2 aromatic rings. The van der Waals surface area contributed by atoms with Crippen molar-refractivity contribution in [2.24, 2.45) is 0 Å². The molecule has 1 fully saturated rings. The number of benzene rings is 1. The minimum atomic E-state index is -0.249. The topological polar surface area (TPSA) is 72.9 Å². The van der Waals surface area contributed by atoms with E-state index < -0.39 is 0 Å². The number of nitrogens with zero attached hydrogens (tertiary/aromatic N) is 2. The number of amides is 1. The van der Waals surface area contributed by atoms with Crippen LogP contribution in [0.1, 0.15) is 28.9 Å². The van der Waals surface area contributed by atoms with Crippen LogP contribution in [-0.2, 0) is 4.74 Å². The molecular formula is C20H25N3O4. The zero-order valence-corrected chi connectivity index (χ0v) is 15.9. The van der Waals surface area contributed by atoms with Crippen molar-refractivity contribution in [1.82, 2.24) is 10.3 Å². The number of hydrogen-bond donors (Lipinski definition) is 1. The van der Waals surface area contributed by atoms with Gasteiger partial charge < -0.3 is 24.4 Å². The number of pyridine rings is 1. The van der Waals surface area contributed by atoms with Crippen LogP contribution in [0.15, 0.2) is 36.5 Å². The van der Waals surface area contributed by atoms with E-state index in [0.717, 1.165) is 24.5 Å². The second-order valence-corrected chi connectivity index (χ2v) is 6.31. The maximum Gasteiger partial charge on any atom is 0.253 e. The summed E-state index contributed by atoms with van der Waals surface area (Å²) in [5.41, 5.74) is 1.36. The van der Waals surface area contributed by atoms with E-state index in [1.54, 1.807) is 26.5 Å². The highest BCUT2D eigenvalue weighted by molar-refractivity contribution is 5.94. The second-order valence-electron chi connectivity index (χ2n) is 6.31. The summed E-state index contributed by atoms with van der Waals surface area (Å²) in [4.78, 5) is 19.2. The molecule has 144 valence electrons. The van der Waals surface area contributed by atoms with Crippen molar-refractivity contribution >= 4 is 11.7 Å². The highest BCUT2D eigenvalue weighted by atomic mass is 16.5. The first-order chi connectivity index (χ1) is 13.1. The van der Waals surface area contributed by atoms with Crippen molar-refractivity contribution in [3.63, 3.8) is 0 Å². The van der Waals surface area contributed by atoms with Crippen LogP contribution in [-0.4, -0.2) is 51.4 Å². The molecule has 2 heterocycles. The lowest BCUT2D eigenvalue weighted by Crippen LogP contribution is -2.36. The summed E-state index contributed by atoms with van der Waals surface area (Å²) in [6.45, 7) is 4.93. The van der Waals surface area contributed by atoms with Gasteiger partial charge in [0, 0.05) is 24.8 Å². The van der Waals surface area contributed by atoms with E-state index in [4.69, 9.17) is 14.2 Å². The number of carbonyl (C=O) groups is 1. The SMILES string of the molecule is COc1ccc(OC)c([C@@H](C)NC(=O)c2ccc(N3CCOCC3)nc2)c1. The average Bonchev–Trinajstić information content (AvgIpc) is 2.73. The van der Waals surface area contributed by atoms with Crippen molar-refractivity contribution in [2.45, 2.75) is 13.0 Å². The first-order valence-corrected chi connectivity index (χ1v) is 8.94. The van der Waals surface area contributed by atoms with E-state index in [9.17, 15) is 4.79 Å². The number of morpholine rings is 1. The number of aromatic nitrogens is 1. The molecule has 1 aromatic heterocycles. The molecule has 1 amide bonds. The summed E-state index contributed by atoms with van der Waals surface area (Å²) in [5, 5.41) is 2.99. The van der Waals surface area contributed by atoms with Crippen molar-refractivity contribution in [3.8, 4) is 11.5 Å². The van der Waals surface area contributed by atoms with Crippen LogP contribution in [0, 0.1) is 0 Å². The van der Waals surface area contributed by atoms with Gasteiger partial charge in [0.1, 0.15) is 17.3 Å². The van der Waals surface area contributed by atoms with E-state index in [0.29, 0.717) is 30.3 Å². The van der Waals surface area contributed by atoms with Crippen molar-refractivity contribution in [1.29, 1.82) is 0 Å². The lowest BCUT2D eigenvalue weighted by molar-refractivity contribution is 0.0939. The Bertz CT molecular complexity index is 773. The highest BCUT2D eigenvalue weighted by Crippen LogP contribution is 2.29. The molecule has 7 heteroatoms. The zero-order valence-electron chi connectivity index (χ0n) is 15.9.